The molecule has 1 aromatic rings. The van der Waals surface area contributed by atoms with E-state index >= 15 is 0 Å². The maximum atomic E-state index is 13.4. The highest BCUT2D eigenvalue weighted by molar-refractivity contribution is 5.99. The van der Waals surface area contributed by atoms with Gasteiger partial charge in [0.1, 0.15) is 5.82 Å². The van der Waals surface area contributed by atoms with Gasteiger partial charge in [0, 0.05) is 13.1 Å². The van der Waals surface area contributed by atoms with Crippen LogP contribution >= 0.6 is 0 Å². The number of carbonyl (C=O) groups is 1. The maximum absolute atomic E-state index is 13.4. The van der Waals surface area contributed by atoms with Crippen LogP contribution in [0, 0.1) is 5.82 Å². The fourth-order valence-electron chi connectivity index (χ4n) is 1.67. The summed E-state index contributed by atoms with van der Waals surface area (Å²) in [5.74, 6) is 4.51. The molecule has 0 saturated heterocycles. The van der Waals surface area contributed by atoms with Crippen LogP contribution < -0.4 is 11.3 Å². The van der Waals surface area contributed by atoms with Gasteiger partial charge in [0.05, 0.1) is 11.3 Å². The molecule has 86 valence electrons. The fourth-order valence-corrected chi connectivity index (χ4v) is 1.67. The van der Waals surface area contributed by atoms with Gasteiger partial charge in [-0.05, 0) is 25.0 Å². The summed E-state index contributed by atoms with van der Waals surface area (Å²) < 4.78 is 13.4. The van der Waals surface area contributed by atoms with Crippen molar-refractivity contribution in [2.24, 2.45) is 5.84 Å². The molecule has 2 rings (SSSR count). The van der Waals surface area contributed by atoms with E-state index in [1.54, 1.807) is 18.0 Å². The zero-order valence-corrected chi connectivity index (χ0v) is 9.03. The Bertz CT molecular complexity index is 418. The van der Waals surface area contributed by atoms with Crippen LogP contribution in [-0.4, -0.2) is 23.9 Å². The molecule has 0 atom stereocenters. The number of nitrogen functional groups attached to an aromatic ring is 1. The molecule has 1 aliphatic carbocycles. The van der Waals surface area contributed by atoms with Gasteiger partial charge < -0.3 is 10.3 Å². The van der Waals surface area contributed by atoms with E-state index in [9.17, 15) is 9.18 Å². The number of carbonyl (C=O) groups excluding carboxylic acids is 1. The molecule has 1 fully saturated rings. The lowest BCUT2D eigenvalue weighted by Gasteiger charge is -2.18. The van der Waals surface area contributed by atoms with Gasteiger partial charge in [-0.25, -0.2) is 4.39 Å². The molecule has 0 heterocycles. The third kappa shape index (κ3) is 1.86. The molecular weight excluding hydrogens is 209 g/mol. The van der Waals surface area contributed by atoms with Crippen molar-refractivity contribution < 1.29 is 9.18 Å². The van der Waals surface area contributed by atoms with Crippen molar-refractivity contribution in [3.63, 3.8) is 0 Å². The van der Waals surface area contributed by atoms with E-state index in [0.29, 0.717) is 6.04 Å². The molecule has 0 bridgehead atoms. The van der Waals surface area contributed by atoms with Gasteiger partial charge in [-0.15, -0.1) is 0 Å². The first kappa shape index (κ1) is 10.9. The maximum Gasteiger partial charge on any atom is 0.256 e. The Balaban J connectivity index is 2.31. The predicted octanol–water partition coefficient (Wildman–Crippen LogP) is 1.35. The third-order valence-corrected chi connectivity index (χ3v) is 2.80. The molecule has 3 N–H and O–H groups in total. The van der Waals surface area contributed by atoms with Crippen LogP contribution in [0.25, 0.3) is 0 Å². The van der Waals surface area contributed by atoms with E-state index in [1.165, 1.54) is 12.1 Å². The summed E-state index contributed by atoms with van der Waals surface area (Å²) in [5, 5.41) is 0. The first-order valence-electron chi connectivity index (χ1n) is 5.17. The Morgan fingerprint density at radius 2 is 2.25 bits per heavy atom. The van der Waals surface area contributed by atoms with Gasteiger partial charge in [0.25, 0.3) is 5.91 Å². The van der Waals surface area contributed by atoms with Crippen molar-refractivity contribution in [3.8, 4) is 0 Å². The number of halogens is 1. The van der Waals surface area contributed by atoms with Crippen molar-refractivity contribution in [2.45, 2.75) is 18.9 Å². The Labute approximate surface area is 93.2 Å². The van der Waals surface area contributed by atoms with Crippen molar-refractivity contribution in [3.05, 3.63) is 29.6 Å². The number of hydrazine groups is 1. The third-order valence-electron chi connectivity index (χ3n) is 2.80. The molecule has 1 saturated carbocycles. The molecule has 0 unspecified atom stereocenters. The molecule has 1 aliphatic rings. The van der Waals surface area contributed by atoms with Crippen molar-refractivity contribution in [1.29, 1.82) is 0 Å². The van der Waals surface area contributed by atoms with Gasteiger partial charge in [-0.2, -0.15) is 0 Å². The van der Waals surface area contributed by atoms with Crippen LogP contribution in [-0.2, 0) is 0 Å². The number of para-hydroxylation sites is 1. The standard InChI is InChI=1S/C11H14FN3O/c1-15(7-5-6-7)11(16)8-3-2-4-9(12)10(8)14-13/h2-4,7,14H,5-6,13H2,1H3. The smallest absolute Gasteiger partial charge is 0.256 e. The minimum atomic E-state index is -0.516. The van der Waals surface area contributed by atoms with Crippen LogP contribution in [0.3, 0.4) is 0 Å². The number of amides is 1. The Hall–Kier alpha value is -1.62. The van der Waals surface area contributed by atoms with E-state index in [1.807, 2.05) is 0 Å². The van der Waals surface area contributed by atoms with Crippen molar-refractivity contribution in [2.75, 3.05) is 12.5 Å². The second-order valence-electron chi connectivity index (χ2n) is 3.95. The average molecular weight is 223 g/mol. The molecule has 0 spiro atoms. The Kier molecular flexibility index (Phi) is 2.78. The number of nitrogens with zero attached hydrogens (tertiary/aromatic N) is 1. The molecule has 1 aromatic carbocycles. The van der Waals surface area contributed by atoms with Gasteiger partial charge in [0.2, 0.25) is 0 Å². The van der Waals surface area contributed by atoms with E-state index in [0.717, 1.165) is 12.8 Å². The normalized spacial score (nSPS) is 14.7. The topological polar surface area (TPSA) is 58.4 Å². The van der Waals surface area contributed by atoms with E-state index in [-0.39, 0.29) is 17.2 Å². The summed E-state index contributed by atoms with van der Waals surface area (Å²) >= 11 is 0. The molecule has 5 heteroatoms. The number of benzene rings is 1. The zero-order chi connectivity index (χ0) is 11.7. The molecule has 4 nitrogen and oxygen atoms in total. The van der Waals surface area contributed by atoms with Gasteiger partial charge in [-0.1, -0.05) is 6.07 Å². The van der Waals surface area contributed by atoms with Crippen LogP contribution in [0.5, 0.6) is 0 Å². The molecule has 16 heavy (non-hydrogen) atoms. The summed E-state index contributed by atoms with van der Waals surface area (Å²) in [6.45, 7) is 0. The Morgan fingerprint density at radius 1 is 1.56 bits per heavy atom. The summed E-state index contributed by atoms with van der Waals surface area (Å²) in [6, 6.07) is 4.63. The van der Waals surface area contributed by atoms with Gasteiger partial charge >= 0.3 is 0 Å². The number of hydrogen-bond donors (Lipinski definition) is 2. The fraction of sp³-hybridized carbons (Fsp3) is 0.364. The summed E-state index contributed by atoms with van der Waals surface area (Å²) in [7, 11) is 1.73. The number of nitrogens with one attached hydrogen (secondary N) is 1. The first-order chi connectivity index (χ1) is 7.65. The van der Waals surface area contributed by atoms with Gasteiger partial charge in [0.15, 0.2) is 0 Å². The molecular formula is C11H14FN3O. The number of rotatable bonds is 3. The number of hydrogen-bond acceptors (Lipinski definition) is 3. The summed E-state index contributed by atoms with van der Waals surface area (Å²) in [5.41, 5.74) is 2.57. The van der Waals surface area contributed by atoms with E-state index in [2.05, 4.69) is 5.43 Å². The number of anilines is 1. The highest BCUT2D eigenvalue weighted by atomic mass is 19.1. The quantitative estimate of drug-likeness (QED) is 0.600. The van der Waals surface area contributed by atoms with Crippen LogP contribution in [0.15, 0.2) is 18.2 Å². The average Bonchev–Trinajstić information content (AvgIpc) is 3.10. The van der Waals surface area contributed by atoms with Crippen LogP contribution in [0.1, 0.15) is 23.2 Å². The minimum Gasteiger partial charge on any atom is -0.339 e. The van der Waals surface area contributed by atoms with Crippen LogP contribution in [0.4, 0.5) is 10.1 Å². The second-order valence-corrected chi connectivity index (χ2v) is 3.95. The first-order valence-corrected chi connectivity index (χ1v) is 5.17. The molecule has 0 aliphatic heterocycles. The highest BCUT2D eigenvalue weighted by Gasteiger charge is 2.31. The molecule has 1 amide bonds. The van der Waals surface area contributed by atoms with Crippen LogP contribution in [0.2, 0.25) is 0 Å². The Morgan fingerprint density at radius 3 is 2.81 bits per heavy atom. The monoisotopic (exact) mass is 223 g/mol. The van der Waals surface area contributed by atoms with Crippen molar-refractivity contribution >= 4 is 11.6 Å². The summed E-state index contributed by atoms with van der Waals surface area (Å²) in [4.78, 5) is 13.7. The SMILES string of the molecule is CN(C(=O)c1cccc(F)c1NN)C1CC1. The van der Waals surface area contributed by atoms with E-state index in [4.69, 9.17) is 5.84 Å². The summed E-state index contributed by atoms with van der Waals surface area (Å²) in [6.07, 6.45) is 2.03. The lowest BCUT2D eigenvalue weighted by Crippen LogP contribution is -2.30. The van der Waals surface area contributed by atoms with Gasteiger partial charge in [-0.3, -0.25) is 10.6 Å². The lowest BCUT2D eigenvalue weighted by atomic mass is 10.1. The minimum absolute atomic E-state index is 0.0556. The molecule has 0 radical (unpaired) electrons. The van der Waals surface area contributed by atoms with Crippen molar-refractivity contribution in [1.82, 2.24) is 4.90 Å². The van der Waals surface area contributed by atoms with E-state index < -0.39 is 5.82 Å². The number of nitrogens with two attached hydrogens (primary N) is 1. The predicted molar refractivity (Wildman–Crippen MR) is 59.3 cm³/mol. The lowest BCUT2D eigenvalue weighted by molar-refractivity contribution is 0.0785. The highest BCUT2D eigenvalue weighted by Crippen LogP contribution is 2.28. The molecule has 0 aromatic heterocycles. The zero-order valence-electron chi connectivity index (χ0n) is 9.03. The second kappa shape index (κ2) is 4.09. The largest absolute Gasteiger partial charge is 0.339 e.